The Labute approximate surface area is 111 Å². The zero-order valence-corrected chi connectivity index (χ0v) is 10.8. The third-order valence-corrected chi connectivity index (χ3v) is 3.14. The molecule has 1 N–H and O–H groups in total. The van der Waals surface area contributed by atoms with E-state index in [1.54, 1.807) is 12.4 Å². The lowest BCUT2D eigenvalue weighted by atomic mass is 10.1. The summed E-state index contributed by atoms with van der Waals surface area (Å²) in [6.45, 7) is 4.44. The van der Waals surface area contributed by atoms with Crippen LogP contribution in [0.15, 0.2) is 23.0 Å². The number of hydrogen-bond donors (Lipinski definition) is 1. The highest BCUT2D eigenvalue weighted by atomic mass is 16.5. The molecule has 3 heterocycles. The van der Waals surface area contributed by atoms with Gasteiger partial charge in [-0.1, -0.05) is 5.16 Å². The van der Waals surface area contributed by atoms with E-state index in [2.05, 4.69) is 20.4 Å². The quantitative estimate of drug-likeness (QED) is 0.886. The van der Waals surface area contributed by atoms with E-state index < -0.39 is 0 Å². The van der Waals surface area contributed by atoms with Gasteiger partial charge in [0.1, 0.15) is 0 Å². The minimum absolute atomic E-state index is 0.112. The van der Waals surface area contributed by atoms with Gasteiger partial charge in [-0.15, -0.1) is 0 Å². The monoisotopic (exact) mass is 260 g/mol. The fraction of sp³-hybridized carbons (Fsp3) is 0.462. The maximum absolute atomic E-state index is 5.62. The van der Waals surface area contributed by atoms with E-state index >= 15 is 0 Å². The molecule has 0 saturated carbocycles. The topological polar surface area (TPSA) is 73.1 Å². The molecule has 100 valence electrons. The van der Waals surface area contributed by atoms with Crippen LogP contribution in [0.1, 0.15) is 11.5 Å². The Morgan fingerprint density at radius 2 is 2.42 bits per heavy atom. The normalized spacial score (nSPS) is 19.5. The van der Waals surface area contributed by atoms with E-state index in [1.807, 2.05) is 13.0 Å². The first-order valence-electron chi connectivity index (χ1n) is 6.39. The molecule has 0 spiro atoms. The predicted octanol–water partition coefficient (Wildman–Crippen LogP) is 0.971. The molecule has 6 heteroatoms. The summed E-state index contributed by atoms with van der Waals surface area (Å²) < 4.78 is 10.9. The van der Waals surface area contributed by atoms with Crippen molar-refractivity contribution in [1.29, 1.82) is 0 Å². The maximum atomic E-state index is 5.62. The SMILES string of the molecule is Cc1cnccc1-c1noc(CC2CNCCO2)n1. The molecular formula is C13H16N4O2. The highest BCUT2D eigenvalue weighted by Crippen LogP contribution is 2.19. The van der Waals surface area contributed by atoms with Crippen molar-refractivity contribution in [1.82, 2.24) is 20.4 Å². The molecule has 1 saturated heterocycles. The van der Waals surface area contributed by atoms with Gasteiger partial charge in [-0.2, -0.15) is 4.98 Å². The summed E-state index contributed by atoms with van der Waals surface area (Å²) in [6, 6.07) is 1.89. The zero-order valence-electron chi connectivity index (χ0n) is 10.8. The van der Waals surface area contributed by atoms with E-state index in [0.29, 0.717) is 18.1 Å². The van der Waals surface area contributed by atoms with Gasteiger partial charge in [0, 0.05) is 31.0 Å². The second kappa shape index (κ2) is 5.46. The molecular weight excluding hydrogens is 244 g/mol. The summed E-state index contributed by atoms with van der Waals surface area (Å²) in [4.78, 5) is 8.48. The molecule has 2 aromatic heterocycles. The number of aryl methyl sites for hydroxylation is 1. The van der Waals surface area contributed by atoms with Crippen molar-refractivity contribution >= 4 is 0 Å². The second-order valence-electron chi connectivity index (χ2n) is 4.60. The summed E-state index contributed by atoms with van der Waals surface area (Å²) in [5, 5.41) is 7.30. The third kappa shape index (κ3) is 2.80. The van der Waals surface area contributed by atoms with Crippen molar-refractivity contribution in [2.75, 3.05) is 19.7 Å². The number of hydrogen-bond acceptors (Lipinski definition) is 6. The van der Waals surface area contributed by atoms with Crippen molar-refractivity contribution in [2.45, 2.75) is 19.4 Å². The molecule has 1 fully saturated rings. The Morgan fingerprint density at radius 1 is 1.47 bits per heavy atom. The number of morpholine rings is 1. The highest BCUT2D eigenvalue weighted by Gasteiger charge is 2.18. The van der Waals surface area contributed by atoms with Crippen LogP contribution in [0.25, 0.3) is 11.4 Å². The van der Waals surface area contributed by atoms with Crippen LogP contribution in [0.5, 0.6) is 0 Å². The molecule has 0 radical (unpaired) electrons. The number of ether oxygens (including phenoxy) is 1. The van der Waals surface area contributed by atoms with Crippen molar-refractivity contribution in [3.8, 4) is 11.4 Å². The van der Waals surface area contributed by atoms with E-state index in [0.717, 1.165) is 30.8 Å². The van der Waals surface area contributed by atoms with Crippen molar-refractivity contribution < 1.29 is 9.26 Å². The summed E-state index contributed by atoms with van der Waals surface area (Å²) in [5.74, 6) is 1.22. The lowest BCUT2D eigenvalue weighted by Gasteiger charge is -2.21. The Morgan fingerprint density at radius 3 is 3.21 bits per heavy atom. The summed E-state index contributed by atoms with van der Waals surface area (Å²) in [5.41, 5.74) is 1.98. The Bertz CT molecular complexity index is 549. The zero-order chi connectivity index (χ0) is 13.1. The molecule has 0 aromatic carbocycles. The van der Waals surface area contributed by atoms with Crippen molar-refractivity contribution in [3.05, 3.63) is 29.9 Å². The lowest BCUT2D eigenvalue weighted by molar-refractivity contribution is 0.0246. The summed E-state index contributed by atoms with van der Waals surface area (Å²) >= 11 is 0. The summed E-state index contributed by atoms with van der Waals surface area (Å²) in [7, 11) is 0. The van der Waals surface area contributed by atoms with Crippen LogP contribution in [0.4, 0.5) is 0 Å². The van der Waals surface area contributed by atoms with Gasteiger partial charge in [0.2, 0.25) is 11.7 Å². The van der Waals surface area contributed by atoms with Gasteiger partial charge in [0.15, 0.2) is 0 Å². The number of aromatic nitrogens is 3. The molecule has 3 rings (SSSR count). The van der Waals surface area contributed by atoms with Gasteiger partial charge in [0.25, 0.3) is 0 Å². The van der Waals surface area contributed by atoms with Crippen molar-refractivity contribution in [3.63, 3.8) is 0 Å². The predicted molar refractivity (Wildman–Crippen MR) is 68.6 cm³/mol. The van der Waals surface area contributed by atoms with E-state index in [9.17, 15) is 0 Å². The molecule has 0 bridgehead atoms. The average molecular weight is 260 g/mol. The van der Waals surface area contributed by atoms with E-state index in [-0.39, 0.29) is 6.10 Å². The lowest BCUT2D eigenvalue weighted by Crippen LogP contribution is -2.39. The highest BCUT2D eigenvalue weighted by molar-refractivity contribution is 5.57. The first kappa shape index (κ1) is 12.3. The van der Waals surface area contributed by atoms with Crippen LogP contribution >= 0.6 is 0 Å². The first-order valence-corrected chi connectivity index (χ1v) is 6.39. The molecule has 19 heavy (non-hydrogen) atoms. The number of rotatable bonds is 3. The number of pyridine rings is 1. The number of nitrogens with one attached hydrogen (secondary N) is 1. The molecule has 6 nitrogen and oxygen atoms in total. The molecule has 1 atom stereocenters. The average Bonchev–Trinajstić information content (AvgIpc) is 2.89. The Kier molecular flexibility index (Phi) is 3.52. The molecule has 1 aliphatic heterocycles. The van der Waals surface area contributed by atoms with Crippen LogP contribution in [0.2, 0.25) is 0 Å². The van der Waals surface area contributed by atoms with Crippen LogP contribution in [-0.2, 0) is 11.2 Å². The first-order chi connectivity index (χ1) is 9.33. The van der Waals surface area contributed by atoms with Crippen LogP contribution in [0, 0.1) is 6.92 Å². The van der Waals surface area contributed by atoms with Gasteiger partial charge in [-0.25, -0.2) is 0 Å². The summed E-state index contributed by atoms with van der Waals surface area (Å²) in [6.07, 6.45) is 4.27. The smallest absolute Gasteiger partial charge is 0.229 e. The van der Waals surface area contributed by atoms with Crippen LogP contribution in [-0.4, -0.2) is 40.9 Å². The third-order valence-electron chi connectivity index (χ3n) is 3.14. The minimum Gasteiger partial charge on any atom is -0.375 e. The van der Waals surface area contributed by atoms with Gasteiger partial charge in [-0.05, 0) is 18.6 Å². The Hall–Kier alpha value is -1.79. The minimum atomic E-state index is 0.112. The van der Waals surface area contributed by atoms with E-state index in [1.165, 1.54) is 0 Å². The molecule has 0 amide bonds. The van der Waals surface area contributed by atoms with Gasteiger partial charge < -0.3 is 14.6 Å². The second-order valence-corrected chi connectivity index (χ2v) is 4.60. The van der Waals surface area contributed by atoms with Gasteiger partial charge in [0.05, 0.1) is 19.1 Å². The fourth-order valence-corrected chi connectivity index (χ4v) is 2.12. The fourth-order valence-electron chi connectivity index (χ4n) is 2.12. The Balaban J connectivity index is 1.74. The maximum Gasteiger partial charge on any atom is 0.229 e. The van der Waals surface area contributed by atoms with Gasteiger partial charge >= 0.3 is 0 Å². The molecule has 1 unspecified atom stereocenters. The molecule has 2 aromatic rings. The van der Waals surface area contributed by atoms with Gasteiger partial charge in [-0.3, -0.25) is 4.98 Å². The van der Waals surface area contributed by atoms with Crippen LogP contribution in [0.3, 0.4) is 0 Å². The standard InChI is InChI=1S/C13H16N4O2/c1-9-7-14-3-2-11(9)13-16-12(19-17-13)6-10-8-15-4-5-18-10/h2-3,7,10,15H,4-6,8H2,1H3. The number of nitrogens with zero attached hydrogens (tertiary/aromatic N) is 3. The largest absolute Gasteiger partial charge is 0.375 e. The molecule has 1 aliphatic rings. The van der Waals surface area contributed by atoms with Crippen molar-refractivity contribution in [2.24, 2.45) is 0 Å². The molecule has 0 aliphatic carbocycles. The van der Waals surface area contributed by atoms with E-state index in [4.69, 9.17) is 9.26 Å². The van der Waals surface area contributed by atoms with Crippen LogP contribution < -0.4 is 5.32 Å².